The van der Waals surface area contributed by atoms with Gasteiger partial charge in [-0.1, -0.05) is 0 Å². The second-order valence-corrected chi connectivity index (χ2v) is 32.9. The van der Waals surface area contributed by atoms with Crippen LogP contribution < -0.4 is 0 Å². The van der Waals surface area contributed by atoms with Gasteiger partial charge in [-0.25, -0.2) is 0 Å². The molecule has 6 aromatic carbocycles. The van der Waals surface area contributed by atoms with Crippen molar-refractivity contribution >= 4 is 62.7 Å². The number of allylic oxidation sites excluding steroid dienone is 2. The number of rotatable bonds is 5. The van der Waals surface area contributed by atoms with Crippen LogP contribution in [0.4, 0.5) is 0 Å². The van der Waals surface area contributed by atoms with E-state index in [0.717, 1.165) is 0 Å². The summed E-state index contributed by atoms with van der Waals surface area (Å²) in [5, 5.41) is 5.22. The molecule has 0 aromatic heterocycles. The third-order valence-electron chi connectivity index (χ3n) is 11.4. The van der Waals surface area contributed by atoms with Crippen molar-refractivity contribution in [3.8, 4) is 22.3 Å². The normalized spacial score (nSPS) is 16.9. The van der Waals surface area contributed by atoms with Crippen molar-refractivity contribution in [3.05, 3.63) is 154 Å². The first kappa shape index (κ1) is 35.5. The van der Waals surface area contributed by atoms with Crippen molar-refractivity contribution in [1.82, 2.24) is 0 Å². The fourth-order valence-corrected chi connectivity index (χ4v) is 24.4. The van der Waals surface area contributed by atoms with Gasteiger partial charge in [0.1, 0.15) is 0 Å². The predicted molar refractivity (Wildman–Crippen MR) is 219 cm³/mol. The number of benzene rings is 6. The first-order valence-electron chi connectivity index (χ1n) is 17.2. The zero-order valence-electron chi connectivity index (χ0n) is 29.4. The maximum atomic E-state index is 5.52. The van der Waals surface area contributed by atoms with Crippen LogP contribution in [0.1, 0.15) is 55.8 Å². The van der Waals surface area contributed by atoms with E-state index in [1.54, 1.807) is 5.57 Å². The molecule has 6 aromatic rings. The molecule has 0 nitrogen and oxygen atoms in total. The number of fused-ring (bicyclic) bond motifs is 4. The number of hydrogen-bond donors (Lipinski definition) is 0. The molecule has 2 aliphatic rings. The van der Waals surface area contributed by atoms with Crippen molar-refractivity contribution in [2.45, 2.75) is 44.2 Å². The molecule has 3 heteroatoms. The van der Waals surface area contributed by atoms with Crippen LogP contribution in [0.25, 0.3) is 56.0 Å². The quantitative estimate of drug-likeness (QED) is 0.164. The van der Waals surface area contributed by atoms with Crippen LogP contribution in [-0.2, 0) is 18.3 Å². The first-order valence-corrected chi connectivity index (χ1v) is 26.7. The SMILES string of the molecule is Cl.Cl.[CH2]=[Zr]([CH3])([CH3])([CH]1C(C(C)C)=Cc2c(-c3cccc4ccccc34)cccc21)[CH]1C(C)=Cc2c(-c3cccc4ccccc34)ccc(C)c21. The van der Waals surface area contributed by atoms with Gasteiger partial charge in [0.25, 0.3) is 0 Å². The average molecular weight is 761 g/mol. The van der Waals surface area contributed by atoms with Crippen molar-refractivity contribution < 1.29 is 18.3 Å². The molecule has 49 heavy (non-hydrogen) atoms. The summed E-state index contributed by atoms with van der Waals surface area (Å²) in [5.74, 6) is 0.440. The summed E-state index contributed by atoms with van der Waals surface area (Å²) >= 11 is -4.04. The Kier molecular flexibility index (Phi) is 9.24. The van der Waals surface area contributed by atoms with Gasteiger partial charge < -0.3 is 0 Å². The van der Waals surface area contributed by atoms with Crippen LogP contribution in [0.5, 0.6) is 0 Å². The van der Waals surface area contributed by atoms with Crippen molar-refractivity contribution in [3.63, 3.8) is 0 Å². The summed E-state index contributed by atoms with van der Waals surface area (Å²) in [6.45, 7) is 9.51. The van der Waals surface area contributed by atoms with Gasteiger partial charge in [0.05, 0.1) is 0 Å². The Hall–Kier alpha value is -3.35. The molecule has 0 bridgehead atoms. The predicted octanol–water partition coefficient (Wildman–Crippen LogP) is 13.9. The van der Waals surface area contributed by atoms with E-state index in [4.69, 9.17) is 4.21 Å². The van der Waals surface area contributed by atoms with Gasteiger partial charge in [0.2, 0.25) is 0 Å². The Balaban J connectivity index is 0.00000208. The monoisotopic (exact) mass is 758 g/mol. The molecule has 0 saturated carbocycles. The Bertz CT molecular complexity index is 2390. The van der Waals surface area contributed by atoms with Crippen LogP contribution in [0.15, 0.2) is 126 Å². The van der Waals surface area contributed by atoms with Crippen LogP contribution >= 0.6 is 24.8 Å². The third kappa shape index (κ3) is 5.49. The molecule has 0 spiro atoms. The van der Waals surface area contributed by atoms with Crippen LogP contribution in [-0.4, -0.2) is 4.21 Å². The van der Waals surface area contributed by atoms with Gasteiger partial charge in [-0.2, -0.15) is 0 Å². The molecule has 0 fully saturated rings. The van der Waals surface area contributed by atoms with Gasteiger partial charge in [-0.15, -0.1) is 24.8 Å². The van der Waals surface area contributed by atoms with E-state index >= 15 is 0 Å². The van der Waals surface area contributed by atoms with Gasteiger partial charge in [0.15, 0.2) is 0 Å². The zero-order chi connectivity index (χ0) is 32.7. The van der Waals surface area contributed by atoms with Gasteiger partial charge in [-0.05, 0) is 0 Å². The van der Waals surface area contributed by atoms with Crippen LogP contribution in [0, 0.1) is 12.8 Å². The fourth-order valence-electron chi connectivity index (χ4n) is 9.59. The molecule has 248 valence electrons. The third-order valence-corrected chi connectivity index (χ3v) is 24.2. The maximum absolute atomic E-state index is 5.52. The number of hydrogen-bond acceptors (Lipinski definition) is 0. The van der Waals surface area contributed by atoms with Crippen LogP contribution in [0.2, 0.25) is 9.26 Å². The Morgan fingerprint density at radius 2 is 1.06 bits per heavy atom. The molecule has 2 unspecified atom stereocenters. The molecule has 0 heterocycles. The number of aryl methyl sites for hydroxylation is 1. The Labute approximate surface area is 305 Å². The van der Waals surface area contributed by atoms with E-state index in [1.165, 1.54) is 77.2 Å². The average Bonchev–Trinajstić information content (AvgIpc) is 3.65. The van der Waals surface area contributed by atoms with Crippen molar-refractivity contribution in [2.24, 2.45) is 5.92 Å². The van der Waals surface area contributed by atoms with Gasteiger partial charge in [0, 0.05) is 0 Å². The molecular weight excluding hydrogens is 715 g/mol. The minimum atomic E-state index is -4.04. The topological polar surface area (TPSA) is 0 Å². The van der Waals surface area contributed by atoms with E-state index in [1.807, 2.05) is 0 Å². The van der Waals surface area contributed by atoms with E-state index in [2.05, 4.69) is 164 Å². The van der Waals surface area contributed by atoms with E-state index in [0.29, 0.717) is 13.2 Å². The minimum absolute atomic E-state index is 0. The summed E-state index contributed by atoms with van der Waals surface area (Å²) in [6.07, 6.45) is 5.10. The number of halogens is 2. The first-order chi connectivity index (χ1) is 22.5. The summed E-state index contributed by atoms with van der Waals surface area (Å²) in [6, 6.07) is 42.9. The summed E-state index contributed by atoms with van der Waals surface area (Å²) in [4.78, 5) is 0. The van der Waals surface area contributed by atoms with E-state index in [9.17, 15) is 0 Å². The molecule has 2 atom stereocenters. The molecular formula is C46H46Cl2Zr. The standard InChI is InChI=1S/C22H19.C21H17.2CH3.CH2.2ClH.Zr/c1-15(2)18-13-17-9-6-12-21(22(17)14-18)20-11-5-8-16-7-3-4-10-19(16)20;1-14-12-20-15(2)10-11-19(21(20)13-14)18-9-5-7-16-6-3-4-8-17(16)18;;;;;;/h3-15H,1-2H3;3-13H,1-2H3;2*1H3;1H2;2*1H;. The molecule has 0 N–H and O–H groups in total. The van der Waals surface area contributed by atoms with E-state index < -0.39 is 18.3 Å². The zero-order valence-corrected chi connectivity index (χ0v) is 33.5. The molecule has 0 radical (unpaired) electrons. The fraction of sp³-hybridized carbons (Fsp3) is 0.196. The Morgan fingerprint density at radius 1 is 0.551 bits per heavy atom. The van der Waals surface area contributed by atoms with E-state index in [-0.39, 0.29) is 24.8 Å². The van der Waals surface area contributed by atoms with Crippen molar-refractivity contribution in [1.29, 1.82) is 0 Å². The summed E-state index contributed by atoms with van der Waals surface area (Å²) in [7, 11) is 0. The second kappa shape index (κ2) is 12.8. The molecule has 8 rings (SSSR count). The molecule has 0 amide bonds. The molecule has 2 aliphatic carbocycles. The van der Waals surface area contributed by atoms with Crippen LogP contribution in [0.3, 0.4) is 0 Å². The summed E-state index contributed by atoms with van der Waals surface area (Å²) < 4.78 is 11.6. The Morgan fingerprint density at radius 3 is 1.65 bits per heavy atom. The van der Waals surface area contributed by atoms with Gasteiger partial charge in [-0.3, -0.25) is 0 Å². The van der Waals surface area contributed by atoms with Gasteiger partial charge >= 0.3 is 283 Å². The molecule has 0 saturated heterocycles. The summed E-state index contributed by atoms with van der Waals surface area (Å²) in [5.41, 5.74) is 15.6. The molecule has 0 aliphatic heterocycles. The van der Waals surface area contributed by atoms with Crippen molar-refractivity contribution in [2.75, 3.05) is 0 Å². The second-order valence-electron chi connectivity index (χ2n) is 15.6.